The second kappa shape index (κ2) is 5.44. The number of ether oxygens (including phenoxy) is 2. The monoisotopic (exact) mass is 284 g/mol. The standard InChI is InChI=1S/C16H16N2O3/c1-10-7-8-17-14(9-10)18-16(19)15-11(2)20-12-5-3-4-6-13(12)21-15/h3-9,11,15H,1-2H3,(H,17,18,19). The molecular formula is C16H16N2O3. The van der Waals surface area contributed by atoms with Crippen molar-refractivity contribution in [2.24, 2.45) is 0 Å². The number of fused-ring (bicyclic) bond motifs is 1. The second-order valence-corrected chi connectivity index (χ2v) is 5.02. The van der Waals surface area contributed by atoms with Crippen LogP contribution in [0.2, 0.25) is 0 Å². The fourth-order valence-electron chi connectivity index (χ4n) is 2.21. The molecule has 2 aromatic rings. The van der Waals surface area contributed by atoms with E-state index in [1.54, 1.807) is 18.3 Å². The molecule has 5 nitrogen and oxygen atoms in total. The first kappa shape index (κ1) is 13.4. The van der Waals surface area contributed by atoms with Gasteiger partial charge in [0.15, 0.2) is 11.5 Å². The van der Waals surface area contributed by atoms with Gasteiger partial charge in [-0.15, -0.1) is 0 Å². The average Bonchev–Trinajstić information content (AvgIpc) is 2.46. The van der Waals surface area contributed by atoms with Crippen LogP contribution >= 0.6 is 0 Å². The lowest BCUT2D eigenvalue weighted by Gasteiger charge is -2.30. The number of hydrogen-bond donors (Lipinski definition) is 1. The van der Waals surface area contributed by atoms with Gasteiger partial charge in [0, 0.05) is 6.20 Å². The van der Waals surface area contributed by atoms with Crippen molar-refractivity contribution in [2.45, 2.75) is 26.1 Å². The summed E-state index contributed by atoms with van der Waals surface area (Å²) in [6.07, 6.45) is 0.578. The molecule has 0 saturated carbocycles. The van der Waals surface area contributed by atoms with Gasteiger partial charge in [0.05, 0.1) is 0 Å². The molecule has 21 heavy (non-hydrogen) atoms. The third-order valence-electron chi connectivity index (χ3n) is 3.27. The van der Waals surface area contributed by atoms with Crippen molar-refractivity contribution in [1.82, 2.24) is 4.98 Å². The maximum absolute atomic E-state index is 12.3. The highest BCUT2D eigenvalue weighted by Crippen LogP contribution is 2.33. The summed E-state index contributed by atoms with van der Waals surface area (Å²) >= 11 is 0. The van der Waals surface area contributed by atoms with Crippen LogP contribution in [0.4, 0.5) is 5.82 Å². The van der Waals surface area contributed by atoms with Gasteiger partial charge >= 0.3 is 0 Å². The Morgan fingerprint density at radius 1 is 1.19 bits per heavy atom. The summed E-state index contributed by atoms with van der Waals surface area (Å²) in [5, 5.41) is 2.76. The van der Waals surface area contributed by atoms with Crippen LogP contribution in [-0.4, -0.2) is 23.1 Å². The molecular weight excluding hydrogens is 268 g/mol. The van der Waals surface area contributed by atoms with Crippen LogP contribution in [0.25, 0.3) is 0 Å². The molecule has 3 rings (SSSR count). The summed E-state index contributed by atoms with van der Waals surface area (Å²) in [6, 6.07) is 11.0. The van der Waals surface area contributed by atoms with Crippen LogP contribution in [0, 0.1) is 6.92 Å². The van der Waals surface area contributed by atoms with Gasteiger partial charge in [0.25, 0.3) is 5.91 Å². The van der Waals surface area contributed by atoms with Crippen molar-refractivity contribution in [3.63, 3.8) is 0 Å². The Balaban J connectivity index is 1.76. The van der Waals surface area contributed by atoms with Crippen molar-refractivity contribution in [1.29, 1.82) is 0 Å². The molecule has 2 heterocycles. The zero-order chi connectivity index (χ0) is 14.8. The maximum atomic E-state index is 12.3. The number of amides is 1. The molecule has 108 valence electrons. The summed E-state index contributed by atoms with van der Waals surface area (Å²) in [4.78, 5) is 16.5. The highest BCUT2D eigenvalue weighted by molar-refractivity contribution is 5.94. The van der Waals surface area contributed by atoms with E-state index in [-0.39, 0.29) is 12.0 Å². The Morgan fingerprint density at radius 2 is 1.90 bits per heavy atom. The molecule has 0 radical (unpaired) electrons. The summed E-state index contributed by atoms with van der Waals surface area (Å²) in [6.45, 7) is 3.75. The first-order valence-electron chi connectivity index (χ1n) is 6.79. The third-order valence-corrected chi connectivity index (χ3v) is 3.27. The Bertz CT molecular complexity index is 672. The van der Waals surface area contributed by atoms with Gasteiger partial charge in [-0.1, -0.05) is 12.1 Å². The first-order chi connectivity index (χ1) is 10.1. The van der Waals surface area contributed by atoms with Crippen LogP contribution in [0.15, 0.2) is 42.6 Å². The van der Waals surface area contributed by atoms with E-state index in [0.29, 0.717) is 17.3 Å². The zero-order valence-electron chi connectivity index (χ0n) is 11.9. The summed E-state index contributed by atoms with van der Waals surface area (Å²) < 4.78 is 11.5. The molecule has 5 heteroatoms. The second-order valence-electron chi connectivity index (χ2n) is 5.02. The maximum Gasteiger partial charge on any atom is 0.270 e. The van der Waals surface area contributed by atoms with Crippen LogP contribution < -0.4 is 14.8 Å². The van der Waals surface area contributed by atoms with E-state index in [4.69, 9.17) is 9.47 Å². The molecule has 1 aliphatic rings. The minimum atomic E-state index is -0.706. The molecule has 0 aliphatic carbocycles. The van der Waals surface area contributed by atoms with Gasteiger partial charge < -0.3 is 14.8 Å². The van der Waals surface area contributed by atoms with Gasteiger partial charge in [-0.2, -0.15) is 0 Å². The molecule has 1 amide bonds. The van der Waals surface area contributed by atoms with Gasteiger partial charge in [0.1, 0.15) is 11.9 Å². The number of rotatable bonds is 2. The van der Waals surface area contributed by atoms with Gasteiger partial charge in [0.2, 0.25) is 6.10 Å². The van der Waals surface area contributed by atoms with Gasteiger partial charge in [-0.05, 0) is 43.7 Å². The summed E-state index contributed by atoms with van der Waals surface area (Å²) in [5.41, 5.74) is 1.03. The molecule has 1 N–H and O–H groups in total. The number of carbonyl (C=O) groups is 1. The Labute approximate surface area is 122 Å². The highest BCUT2D eigenvalue weighted by Gasteiger charge is 2.34. The van der Waals surface area contributed by atoms with Gasteiger partial charge in [-0.3, -0.25) is 4.79 Å². The lowest BCUT2D eigenvalue weighted by Crippen LogP contribution is -2.46. The number of nitrogens with one attached hydrogen (secondary N) is 1. The Hall–Kier alpha value is -2.56. The van der Waals surface area contributed by atoms with Crippen molar-refractivity contribution in [3.8, 4) is 11.5 Å². The van der Waals surface area contributed by atoms with E-state index >= 15 is 0 Å². The molecule has 0 spiro atoms. The lowest BCUT2D eigenvalue weighted by atomic mass is 10.1. The van der Waals surface area contributed by atoms with Crippen molar-refractivity contribution in [3.05, 3.63) is 48.2 Å². The molecule has 0 saturated heterocycles. The number of anilines is 1. The SMILES string of the molecule is Cc1ccnc(NC(=O)C2Oc3ccccc3OC2C)c1. The molecule has 1 aromatic heterocycles. The Morgan fingerprint density at radius 3 is 2.62 bits per heavy atom. The zero-order valence-corrected chi connectivity index (χ0v) is 11.9. The number of aromatic nitrogens is 1. The predicted molar refractivity (Wildman–Crippen MR) is 78.6 cm³/mol. The normalized spacial score (nSPS) is 19.9. The average molecular weight is 284 g/mol. The quantitative estimate of drug-likeness (QED) is 0.920. The summed E-state index contributed by atoms with van der Waals surface area (Å²) in [7, 11) is 0. The minimum absolute atomic E-state index is 0.268. The number of carbonyl (C=O) groups excluding carboxylic acids is 1. The fraction of sp³-hybridized carbons (Fsp3) is 0.250. The lowest BCUT2D eigenvalue weighted by molar-refractivity contribution is -0.128. The summed E-state index contributed by atoms with van der Waals surface area (Å²) in [5.74, 6) is 1.47. The predicted octanol–water partition coefficient (Wildman–Crippen LogP) is 2.56. The third kappa shape index (κ3) is 2.81. The van der Waals surface area contributed by atoms with E-state index in [2.05, 4.69) is 10.3 Å². The van der Waals surface area contributed by atoms with Crippen LogP contribution in [-0.2, 0) is 4.79 Å². The number of aryl methyl sites for hydroxylation is 1. The molecule has 1 aliphatic heterocycles. The first-order valence-corrected chi connectivity index (χ1v) is 6.79. The highest BCUT2D eigenvalue weighted by atomic mass is 16.6. The van der Waals surface area contributed by atoms with Crippen LogP contribution in [0.3, 0.4) is 0 Å². The van der Waals surface area contributed by atoms with Crippen molar-refractivity contribution < 1.29 is 14.3 Å². The van der Waals surface area contributed by atoms with Crippen LogP contribution in [0.5, 0.6) is 11.5 Å². The molecule has 0 bridgehead atoms. The minimum Gasteiger partial charge on any atom is -0.482 e. The molecule has 2 atom stereocenters. The molecule has 0 fully saturated rings. The number of hydrogen-bond acceptors (Lipinski definition) is 4. The van der Waals surface area contributed by atoms with E-state index in [1.165, 1.54) is 0 Å². The number of benzene rings is 1. The topological polar surface area (TPSA) is 60.5 Å². The van der Waals surface area contributed by atoms with Gasteiger partial charge in [-0.25, -0.2) is 4.98 Å². The van der Waals surface area contributed by atoms with Crippen molar-refractivity contribution >= 4 is 11.7 Å². The molecule has 1 aromatic carbocycles. The van der Waals surface area contributed by atoms with E-state index in [1.807, 2.05) is 38.1 Å². The smallest absolute Gasteiger partial charge is 0.270 e. The Kier molecular flexibility index (Phi) is 3.48. The van der Waals surface area contributed by atoms with E-state index in [0.717, 1.165) is 5.56 Å². The molecule has 2 unspecified atom stereocenters. The van der Waals surface area contributed by atoms with Crippen LogP contribution in [0.1, 0.15) is 12.5 Å². The largest absolute Gasteiger partial charge is 0.482 e. The van der Waals surface area contributed by atoms with E-state index < -0.39 is 6.10 Å². The number of para-hydroxylation sites is 2. The van der Waals surface area contributed by atoms with Crippen molar-refractivity contribution in [2.75, 3.05) is 5.32 Å². The fourth-order valence-corrected chi connectivity index (χ4v) is 2.21. The van der Waals surface area contributed by atoms with E-state index in [9.17, 15) is 4.79 Å². The number of nitrogens with zero attached hydrogens (tertiary/aromatic N) is 1. The number of pyridine rings is 1.